The van der Waals surface area contributed by atoms with Gasteiger partial charge in [-0.2, -0.15) is 5.11 Å². The molecule has 1 aliphatic heterocycles. The first-order chi connectivity index (χ1) is 4.16. The number of carbonyl (C=O) groups is 1. The Morgan fingerprint density at radius 2 is 2.44 bits per heavy atom. The quantitative estimate of drug-likeness (QED) is 0.566. The molecule has 0 radical (unpaired) electrons. The van der Waals surface area contributed by atoms with Crippen LogP contribution < -0.4 is 5.32 Å². The molecule has 9 heavy (non-hydrogen) atoms. The molecule has 1 rings (SSSR count). The summed E-state index contributed by atoms with van der Waals surface area (Å²) in [7, 11) is 0. The van der Waals surface area contributed by atoms with Gasteiger partial charge in [0, 0.05) is 0 Å². The summed E-state index contributed by atoms with van der Waals surface area (Å²) in [6.45, 7) is 3.78. The number of hydrogen-bond donors (Lipinski definition) is 1. The predicted octanol–water partition coefficient (Wildman–Crippen LogP) is 1.29. The number of urea groups is 1. The Hall–Kier alpha value is -0.930. The molecule has 1 heterocycles. The van der Waals surface area contributed by atoms with Crippen molar-refractivity contribution in [1.82, 2.24) is 5.32 Å². The molecule has 0 aromatic rings. The highest BCUT2D eigenvalue weighted by molar-refractivity contribution is 5.76. The fourth-order valence-electron chi connectivity index (χ4n) is 0.595. The van der Waals surface area contributed by atoms with Gasteiger partial charge in [-0.15, -0.1) is 0 Å². The van der Waals surface area contributed by atoms with Gasteiger partial charge in [0.25, 0.3) is 0 Å². The lowest BCUT2D eigenvalue weighted by Crippen LogP contribution is -2.37. The lowest BCUT2D eigenvalue weighted by molar-refractivity contribution is 0.245. The van der Waals surface area contributed by atoms with Gasteiger partial charge in [-0.3, -0.25) is 0 Å². The van der Waals surface area contributed by atoms with E-state index in [1.54, 1.807) is 0 Å². The molecule has 1 N–H and O–H groups in total. The molecule has 0 saturated heterocycles. The summed E-state index contributed by atoms with van der Waals surface area (Å²) in [6, 6.07) is -0.334. The van der Waals surface area contributed by atoms with Crippen LogP contribution in [0.5, 0.6) is 0 Å². The molecular formula is C5H9N3O. The zero-order valence-electron chi connectivity index (χ0n) is 5.51. The van der Waals surface area contributed by atoms with Gasteiger partial charge in [-0.1, -0.05) is 12.0 Å². The molecule has 0 spiro atoms. The Balaban J connectivity index is 2.68. The van der Waals surface area contributed by atoms with Crippen molar-refractivity contribution in [3.05, 3.63) is 0 Å². The zero-order chi connectivity index (χ0) is 6.91. The summed E-state index contributed by atoms with van der Waals surface area (Å²) in [5.74, 6) is 0. The van der Waals surface area contributed by atoms with E-state index in [0.29, 0.717) is 0 Å². The Morgan fingerprint density at radius 1 is 1.78 bits per heavy atom. The highest BCUT2D eigenvalue weighted by Gasteiger charge is 2.28. The summed E-state index contributed by atoms with van der Waals surface area (Å²) >= 11 is 0. The molecule has 0 bridgehead atoms. The Bertz CT molecular complexity index is 166. The minimum absolute atomic E-state index is 0.334. The molecule has 1 unspecified atom stereocenters. The zero-order valence-corrected chi connectivity index (χ0v) is 5.51. The van der Waals surface area contributed by atoms with E-state index >= 15 is 0 Å². The lowest BCUT2D eigenvalue weighted by atomic mass is 10.2. The molecule has 0 aromatic heterocycles. The number of nitrogens with one attached hydrogen (secondary N) is 1. The molecule has 0 aromatic carbocycles. The molecule has 0 aliphatic carbocycles. The van der Waals surface area contributed by atoms with Gasteiger partial charge >= 0.3 is 6.03 Å². The minimum atomic E-state index is -0.433. The molecule has 1 aliphatic rings. The van der Waals surface area contributed by atoms with E-state index in [9.17, 15) is 4.79 Å². The molecule has 2 amide bonds. The summed E-state index contributed by atoms with van der Waals surface area (Å²) in [5, 5.41) is 9.67. The van der Waals surface area contributed by atoms with Gasteiger partial charge in [-0.05, 0) is 13.3 Å². The summed E-state index contributed by atoms with van der Waals surface area (Å²) in [6.07, 6.45) is 0.780. The van der Waals surface area contributed by atoms with E-state index in [1.807, 2.05) is 13.8 Å². The van der Waals surface area contributed by atoms with Crippen LogP contribution >= 0.6 is 0 Å². The number of amides is 2. The average Bonchev–Trinajstić information content (AvgIpc) is 2.13. The third-order valence-electron chi connectivity index (χ3n) is 1.43. The third kappa shape index (κ3) is 1.06. The Labute approximate surface area is 53.4 Å². The maximum Gasteiger partial charge on any atom is 0.361 e. The van der Waals surface area contributed by atoms with Crippen LogP contribution in [-0.4, -0.2) is 11.7 Å². The van der Waals surface area contributed by atoms with E-state index in [2.05, 4.69) is 15.5 Å². The fourth-order valence-corrected chi connectivity index (χ4v) is 0.595. The maximum atomic E-state index is 10.4. The highest BCUT2D eigenvalue weighted by Crippen LogP contribution is 2.16. The molecule has 4 nitrogen and oxygen atoms in total. The second-order valence-electron chi connectivity index (χ2n) is 2.26. The van der Waals surface area contributed by atoms with Crippen molar-refractivity contribution in [2.75, 3.05) is 0 Å². The molecular weight excluding hydrogens is 118 g/mol. The fraction of sp³-hybridized carbons (Fsp3) is 0.800. The van der Waals surface area contributed by atoms with E-state index in [1.165, 1.54) is 0 Å². The summed E-state index contributed by atoms with van der Waals surface area (Å²) < 4.78 is 0. The van der Waals surface area contributed by atoms with Crippen molar-refractivity contribution in [3.63, 3.8) is 0 Å². The standard InChI is InChI=1S/C5H9N3O/c1-3-5(2)6-4(9)7-8-5/h3H2,1-2H3,(H,6,9). The van der Waals surface area contributed by atoms with Crippen LogP contribution in [-0.2, 0) is 0 Å². The predicted molar refractivity (Wildman–Crippen MR) is 32.1 cm³/mol. The van der Waals surface area contributed by atoms with Crippen LogP contribution in [0.4, 0.5) is 4.79 Å². The summed E-state index contributed by atoms with van der Waals surface area (Å²) in [5.41, 5.74) is -0.433. The minimum Gasteiger partial charge on any atom is -0.309 e. The van der Waals surface area contributed by atoms with Crippen LogP contribution in [0.25, 0.3) is 0 Å². The van der Waals surface area contributed by atoms with E-state index < -0.39 is 5.66 Å². The van der Waals surface area contributed by atoms with Crippen LogP contribution in [0, 0.1) is 0 Å². The topological polar surface area (TPSA) is 53.8 Å². The largest absolute Gasteiger partial charge is 0.361 e. The van der Waals surface area contributed by atoms with Gasteiger partial charge in [0.1, 0.15) is 0 Å². The van der Waals surface area contributed by atoms with Gasteiger partial charge in [-0.25, -0.2) is 4.79 Å². The van der Waals surface area contributed by atoms with E-state index in [4.69, 9.17) is 0 Å². The van der Waals surface area contributed by atoms with Crippen molar-refractivity contribution in [3.8, 4) is 0 Å². The normalized spacial score (nSPS) is 32.9. The lowest BCUT2D eigenvalue weighted by Gasteiger charge is -2.14. The monoisotopic (exact) mass is 127 g/mol. The molecule has 50 valence electrons. The van der Waals surface area contributed by atoms with Gasteiger partial charge < -0.3 is 5.32 Å². The first-order valence-corrected chi connectivity index (χ1v) is 2.91. The molecule has 0 fully saturated rings. The van der Waals surface area contributed by atoms with Crippen molar-refractivity contribution < 1.29 is 4.79 Å². The first kappa shape index (κ1) is 6.19. The second-order valence-corrected chi connectivity index (χ2v) is 2.26. The van der Waals surface area contributed by atoms with Crippen LogP contribution in [0.15, 0.2) is 10.2 Å². The van der Waals surface area contributed by atoms with Crippen LogP contribution in [0.3, 0.4) is 0 Å². The number of hydrogen-bond acceptors (Lipinski definition) is 2. The van der Waals surface area contributed by atoms with E-state index in [0.717, 1.165) is 6.42 Å². The smallest absolute Gasteiger partial charge is 0.309 e. The first-order valence-electron chi connectivity index (χ1n) is 2.91. The summed E-state index contributed by atoms with van der Waals surface area (Å²) in [4.78, 5) is 10.4. The Kier molecular flexibility index (Phi) is 1.23. The molecule has 1 atom stereocenters. The highest BCUT2D eigenvalue weighted by atomic mass is 16.2. The van der Waals surface area contributed by atoms with Gasteiger partial charge in [0.2, 0.25) is 0 Å². The SMILES string of the molecule is CCC1(C)N=NC(=O)N1. The van der Waals surface area contributed by atoms with E-state index in [-0.39, 0.29) is 6.03 Å². The number of nitrogens with zero attached hydrogens (tertiary/aromatic N) is 2. The number of rotatable bonds is 1. The van der Waals surface area contributed by atoms with Gasteiger partial charge in [0.05, 0.1) is 0 Å². The second kappa shape index (κ2) is 1.79. The third-order valence-corrected chi connectivity index (χ3v) is 1.43. The Morgan fingerprint density at radius 3 is 2.67 bits per heavy atom. The maximum absolute atomic E-state index is 10.4. The van der Waals surface area contributed by atoms with Crippen molar-refractivity contribution in [2.24, 2.45) is 10.2 Å². The number of azo groups is 1. The molecule has 4 heteroatoms. The van der Waals surface area contributed by atoms with Crippen LogP contribution in [0.1, 0.15) is 20.3 Å². The molecule has 0 saturated carbocycles. The average molecular weight is 127 g/mol. The van der Waals surface area contributed by atoms with Crippen molar-refractivity contribution in [1.29, 1.82) is 0 Å². The van der Waals surface area contributed by atoms with Crippen LogP contribution in [0.2, 0.25) is 0 Å². The van der Waals surface area contributed by atoms with Gasteiger partial charge in [0.15, 0.2) is 5.66 Å². The van der Waals surface area contributed by atoms with Crippen molar-refractivity contribution >= 4 is 6.03 Å². The van der Waals surface area contributed by atoms with Crippen molar-refractivity contribution in [2.45, 2.75) is 25.9 Å². The number of carbonyl (C=O) groups excluding carboxylic acids is 1.